The van der Waals surface area contributed by atoms with Crippen LogP contribution in [0, 0.1) is 0 Å². The third-order valence-corrected chi connectivity index (χ3v) is 6.22. The van der Waals surface area contributed by atoms with E-state index in [4.69, 9.17) is 11.6 Å². The summed E-state index contributed by atoms with van der Waals surface area (Å²) in [6.07, 6.45) is 4.82. The van der Waals surface area contributed by atoms with Crippen LogP contribution in [-0.2, 0) is 10.0 Å². The van der Waals surface area contributed by atoms with Crippen LogP contribution in [0.1, 0.15) is 19.8 Å². The van der Waals surface area contributed by atoms with E-state index >= 15 is 0 Å². The van der Waals surface area contributed by atoms with E-state index in [-0.39, 0.29) is 11.8 Å². The summed E-state index contributed by atoms with van der Waals surface area (Å²) in [5.41, 5.74) is 1.58. The van der Waals surface area contributed by atoms with Crippen molar-refractivity contribution in [3.8, 4) is 0 Å². The number of halogens is 1. The second-order valence-corrected chi connectivity index (χ2v) is 8.02. The maximum atomic E-state index is 12.1. The van der Waals surface area contributed by atoms with Gasteiger partial charge in [-0.1, -0.05) is 18.5 Å². The fourth-order valence-electron chi connectivity index (χ4n) is 2.82. The summed E-state index contributed by atoms with van der Waals surface area (Å²) < 4.78 is 25.8. The molecule has 3 heterocycles. The van der Waals surface area contributed by atoms with E-state index in [1.54, 1.807) is 10.5 Å². The van der Waals surface area contributed by atoms with Gasteiger partial charge in [-0.2, -0.15) is 4.31 Å². The molecule has 3 rings (SSSR count). The third-order valence-electron chi connectivity index (χ3n) is 3.90. The first-order valence-electron chi connectivity index (χ1n) is 7.37. The maximum absolute atomic E-state index is 12.1. The molecule has 1 unspecified atom stereocenters. The number of hydrogen-bond acceptors (Lipinski definition) is 4. The van der Waals surface area contributed by atoms with E-state index in [2.05, 4.69) is 15.3 Å². The number of hydrogen-bond donors (Lipinski definition) is 2. The minimum Gasteiger partial charge on any atom is -0.379 e. The minimum absolute atomic E-state index is 0.0598. The Labute approximate surface area is 134 Å². The molecule has 1 aliphatic heterocycles. The van der Waals surface area contributed by atoms with E-state index in [0.29, 0.717) is 24.5 Å². The highest BCUT2D eigenvalue weighted by atomic mass is 35.5. The summed E-state index contributed by atoms with van der Waals surface area (Å²) in [7, 11) is -3.14. The monoisotopic (exact) mass is 342 g/mol. The summed E-state index contributed by atoms with van der Waals surface area (Å²) in [5, 5.41) is 4.85. The van der Waals surface area contributed by atoms with E-state index in [0.717, 1.165) is 23.1 Å². The topological polar surface area (TPSA) is 78.1 Å². The van der Waals surface area contributed by atoms with Gasteiger partial charge < -0.3 is 10.3 Å². The Morgan fingerprint density at radius 1 is 1.55 bits per heavy atom. The summed E-state index contributed by atoms with van der Waals surface area (Å²) in [6, 6.07) is 1.97. The molecule has 0 aromatic carbocycles. The molecule has 0 radical (unpaired) electrons. The molecule has 2 N–H and O–H groups in total. The lowest BCUT2D eigenvalue weighted by atomic mass is 10.2. The molecule has 0 amide bonds. The van der Waals surface area contributed by atoms with Crippen molar-refractivity contribution in [3.05, 3.63) is 23.5 Å². The molecule has 22 heavy (non-hydrogen) atoms. The molecular weight excluding hydrogens is 324 g/mol. The van der Waals surface area contributed by atoms with Crippen molar-refractivity contribution >= 4 is 38.3 Å². The van der Waals surface area contributed by atoms with Crippen LogP contribution < -0.4 is 5.32 Å². The molecule has 1 saturated heterocycles. The summed E-state index contributed by atoms with van der Waals surface area (Å²) in [4.78, 5) is 7.27. The van der Waals surface area contributed by atoms with Crippen molar-refractivity contribution in [2.45, 2.75) is 25.8 Å². The Balaban J connectivity index is 1.77. The van der Waals surface area contributed by atoms with E-state index in [1.165, 1.54) is 0 Å². The lowest BCUT2D eigenvalue weighted by molar-refractivity contribution is 0.474. The van der Waals surface area contributed by atoms with Crippen LogP contribution in [-0.4, -0.2) is 47.6 Å². The number of rotatable bonds is 5. The van der Waals surface area contributed by atoms with Gasteiger partial charge in [0.15, 0.2) is 0 Å². The number of nitrogens with one attached hydrogen (secondary N) is 2. The van der Waals surface area contributed by atoms with Crippen LogP contribution in [0.2, 0.25) is 5.02 Å². The summed E-state index contributed by atoms with van der Waals surface area (Å²) in [6.45, 7) is 2.91. The van der Waals surface area contributed by atoms with Crippen LogP contribution in [0.4, 0.5) is 5.69 Å². The average Bonchev–Trinajstić information content (AvgIpc) is 3.11. The Kier molecular flexibility index (Phi) is 4.29. The molecule has 120 valence electrons. The number of aromatic nitrogens is 2. The average molecular weight is 343 g/mol. The molecule has 1 aliphatic rings. The number of H-pyrrole nitrogens is 1. The number of fused-ring (bicyclic) bond motifs is 1. The molecule has 2 aromatic rings. The molecular formula is C14H19ClN4O2S. The van der Waals surface area contributed by atoms with E-state index in [9.17, 15) is 8.42 Å². The lowest BCUT2D eigenvalue weighted by Crippen LogP contribution is -2.33. The molecule has 0 bridgehead atoms. The SMILES string of the molecule is CCCS(=O)(=O)N1CCC(Nc2c(Cl)cnc3[nH]ccc23)C1. The first kappa shape index (κ1) is 15.6. The fourth-order valence-corrected chi connectivity index (χ4v) is 4.59. The lowest BCUT2D eigenvalue weighted by Gasteiger charge is -2.18. The second-order valence-electron chi connectivity index (χ2n) is 5.53. The molecule has 0 aliphatic carbocycles. The van der Waals surface area contributed by atoms with Crippen molar-refractivity contribution in [1.29, 1.82) is 0 Å². The molecule has 2 aromatic heterocycles. The number of nitrogens with zero attached hydrogens (tertiary/aromatic N) is 2. The molecule has 6 nitrogen and oxygen atoms in total. The number of anilines is 1. The Morgan fingerprint density at radius 3 is 3.14 bits per heavy atom. The normalized spacial score (nSPS) is 19.8. The summed E-state index contributed by atoms with van der Waals surface area (Å²) in [5.74, 6) is 0.206. The predicted molar refractivity (Wildman–Crippen MR) is 88.8 cm³/mol. The Hall–Kier alpha value is -1.31. The zero-order chi connectivity index (χ0) is 15.7. The number of sulfonamides is 1. The van der Waals surface area contributed by atoms with Gasteiger partial charge in [-0.25, -0.2) is 13.4 Å². The van der Waals surface area contributed by atoms with Crippen molar-refractivity contribution in [1.82, 2.24) is 14.3 Å². The maximum Gasteiger partial charge on any atom is 0.214 e. The van der Waals surface area contributed by atoms with Crippen LogP contribution in [0.25, 0.3) is 11.0 Å². The first-order valence-corrected chi connectivity index (χ1v) is 9.36. The highest BCUT2D eigenvalue weighted by molar-refractivity contribution is 7.89. The standard InChI is InChI=1S/C14H19ClN4O2S/c1-2-7-22(20,21)19-6-4-10(9-19)18-13-11-3-5-16-14(11)17-8-12(13)15/h3,5,8,10H,2,4,6-7,9H2,1H3,(H2,16,17,18). The summed E-state index contributed by atoms with van der Waals surface area (Å²) >= 11 is 6.24. The number of pyridine rings is 1. The van der Waals surface area contributed by atoms with Gasteiger partial charge in [0.05, 0.1) is 22.7 Å². The second kappa shape index (κ2) is 6.06. The zero-order valence-electron chi connectivity index (χ0n) is 12.3. The molecule has 1 atom stereocenters. The highest BCUT2D eigenvalue weighted by Gasteiger charge is 2.31. The van der Waals surface area contributed by atoms with Gasteiger partial charge in [0, 0.05) is 30.7 Å². The molecule has 0 saturated carbocycles. The minimum atomic E-state index is -3.14. The van der Waals surface area contributed by atoms with E-state index < -0.39 is 10.0 Å². The zero-order valence-corrected chi connectivity index (χ0v) is 13.9. The van der Waals surface area contributed by atoms with Crippen molar-refractivity contribution in [2.75, 3.05) is 24.2 Å². The van der Waals surface area contributed by atoms with Gasteiger partial charge in [0.2, 0.25) is 10.0 Å². The predicted octanol–water partition coefficient (Wildman–Crippen LogP) is 2.44. The van der Waals surface area contributed by atoms with Crippen LogP contribution >= 0.6 is 11.6 Å². The van der Waals surface area contributed by atoms with Gasteiger partial charge in [0.25, 0.3) is 0 Å². The van der Waals surface area contributed by atoms with Crippen molar-refractivity contribution in [3.63, 3.8) is 0 Å². The van der Waals surface area contributed by atoms with Crippen LogP contribution in [0.5, 0.6) is 0 Å². The smallest absolute Gasteiger partial charge is 0.214 e. The number of aromatic amines is 1. The van der Waals surface area contributed by atoms with Crippen molar-refractivity contribution < 1.29 is 8.42 Å². The molecule has 0 spiro atoms. The van der Waals surface area contributed by atoms with Gasteiger partial charge in [-0.3, -0.25) is 0 Å². The van der Waals surface area contributed by atoms with Crippen molar-refractivity contribution in [2.24, 2.45) is 0 Å². The fraction of sp³-hybridized carbons (Fsp3) is 0.500. The Bertz CT molecular complexity index is 774. The highest BCUT2D eigenvalue weighted by Crippen LogP contribution is 2.31. The first-order chi connectivity index (χ1) is 10.5. The quantitative estimate of drug-likeness (QED) is 0.874. The van der Waals surface area contributed by atoms with Gasteiger partial charge in [-0.05, 0) is 18.9 Å². The third kappa shape index (κ3) is 2.93. The Morgan fingerprint density at radius 2 is 2.36 bits per heavy atom. The van der Waals surface area contributed by atoms with Gasteiger partial charge in [-0.15, -0.1) is 0 Å². The largest absolute Gasteiger partial charge is 0.379 e. The van der Waals surface area contributed by atoms with Crippen LogP contribution in [0.3, 0.4) is 0 Å². The molecule has 1 fully saturated rings. The van der Waals surface area contributed by atoms with Crippen LogP contribution in [0.15, 0.2) is 18.5 Å². The molecule has 8 heteroatoms. The van der Waals surface area contributed by atoms with E-state index in [1.807, 2.05) is 19.2 Å². The van der Waals surface area contributed by atoms with Gasteiger partial charge >= 0.3 is 0 Å². The van der Waals surface area contributed by atoms with Gasteiger partial charge in [0.1, 0.15) is 5.65 Å².